The smallest absolute Gasteiger partial charge is 0.216 e. The molecule has 0 bridgehead atoms. The Bertz CT molecular complexity index is 2790. The van der Waals surface area contributed by atoms with Crippen molar-refractivity contribution in [2.45, 2.75) is 44.3 Å². The van der Waals surface area contributed by atoms with Crippen molar-refractivity contribution >= 4 is 22.6 Å². The van der Waals surface area contributed by atoms with Crippen LogP contribution in [0.1, 0.15) is 61.1 Å². The second kappa shape index (κ2) is 11.4. The summed E-state index contributed by atoms with van der Waals surface area (Å²) in [5.41, 5.74) is 16.1. The first-order valence-electron chi connectivity index (χ1n) is 19.3. The SMILES string of the molecule is CC1(C)CN=C(c2cccc(-c3ccc4c(c3)C3(c5ccccc5-c5ccccc53)c3c-4ccc4cc(-c5cccc(C6=NCC(C)(C)O6)c5)ccc34)c2)O1. The van der Waals surface area contributed by atoms with Gasteiger partial charge in [-0.05, 0) is 142 Å². The molecule has 1 spiro atoms. The lowest BCUT2D eigenvalue weighted by molar-refractivity contribution is 0.131. The van der Waals surface area contributed by atoms with E-state index in [9.17, 15) is 0 Å². The highest BCUT2D eigenvalue weighted by molar-refractivity contribution is 6.05. The molecule has 0 fully saturated rings. The minimum absolute atomic E-state index is 0.276. The fraction of sp³-hybridized carbons (Fsp3) is 0.176. The van der Waals surface area contributed by atoms with Crippen molar-refractivity contribution in [1.29, 1.82) is 0 Å². The predicted octanol–water partition coefficient (Wildman–Crippen LogP) is 11.6. The Morgan fingerprint density at radius 3 is 1.49 bits per heavy atom. The van der Waals surface area contributed by atoms with Crippen molar-refractivity contribution in [2.24, 2.45) is 9.98 Å². The molecule has 7 aromatic carbocycles. The van der Waals surface area contributed by atoms with Gasteiger partial charge < -0.3 is 9.47 Å². The summed E-state index contributed by atoms with van der Waals surface area (Å²) in [5, 5.41) is 2.49. The number of benzene rings is 7. The van der Waals surface area contributed by atoms with Gasteiger partial charge in [0.2, 0.25) is 11.8 Å². The summed E-state index contributed by atoms with van der Waals surface area (Å²) in [6.45, 7) is 9.68. The van der Waals surface area contributed by atoms with E-state index in [1.807, 2.05) is 0 Å². The summed E-state index contributed by atoms with van der Waals surface area (Å²) < 4.78 is 12.4. The molecule has 0 unspecified atom stereocenters. The lowest BCUT2D eigenvalue weighted by atomic mass is 9.69. The van der Waals surface area contributed by atoms with Crippen LogP contribution in [0.15, 0.2) is 156 Å². The highest BCUT2D eigenvalue weighted by atomic mass is 16.5. The molecule has 11 rings (SSSR count). The van der Waals surface area contributed by atoms with Gasteiger partial charge in [-0.15, -0.1) is 0 Å². The zero-order valence-corrected chi connectivity index (χ0v) is 31.5. The third kappa shape index (κ3) is 4.77. The summed E-state index contributed by atoms with van der Waals surface area (Å²) in [5.74, 6) is 1.44. The van der Waals surface area contributed by atoms with E-state index in [2.05, 4.69) is 173 Å². The normalized spacial score (nSPS) is 17.5. The van der Waals surface area contributed by atoms with E-state index in [0.717, 1.165) is 34.0 Å². The van der Waals surface area contributed by atoms with Crippen molar-refractivity contribution < 1.29 is 9.47 Å². The molecule has 4 aliphatic rings. The van der Waals surface area contributed by atoms with Gasteiger partial charge in [0.05, 0.1) is 18.5 Å². The van der Waals surface area contributed by atoms with Crippen LogP contribution in [0.25, 0.3) is 55.3 Å². The van der Waals surface area contributed by atoms with Gasteiger partial charge >= 0.3 is 0 Å². The fourth-order valence-electron chi connectivity index (χ4n) is 9.48. The number of hydrogen-bond donors (Lipinski definition) is 0. The third-order valence-electron chi connectivity index (χ3n) is 11.9. The molecule has 2 heterocycles. The zero-order valence-electron chi connectivity index (χ0n) is 31.5. The number of hydrogen-bond acceptors (Lipinski definition) is 4. The molecule has 4 nitrogen and oxygen atoms in total. The lowest BCUT2D eigenvalue weighted by Crippen LogP contribution is -2.26. The minimum Gasteiger partial charge on any atom is -0.469 e. The summed E-state index contributed by atoms with van der Waals surface area (Å²) in [4.78, 5) is 9.47. The third-order valence-corrected chi connectivity index (χ3v) is 11.9. The van der Waals surface area contributed by atoms with E-state index in [-0.39, 0.29) is 11.2 Å². The van der Waals surface area contributed by atoms with Crippen molar-refractivity contribution in [3.8, 4) is 44.5 Å². The van der Waals surface area contributed by atoms with Crippen molar-refractivity contribution in [3.63, 3.8) is 0 Å². The molecular formula is C51H40N2O2. The van der Waals surface area contributed by atoms with Gasteiger partial charge in [0.1, 0.15) is 11.2 Å². The summed E-state index contributed by atoms with van der Waals surface area (Å²) in [6, 6.07) is 54.1. The zero-order chi connectivity index (χ0) is 37.1. The van der Waals surface area contributed by atoms with Crippen LogP contribution in [-0.2, 0) is 14.9 Å². The molecule has 2 aliphatic heterocycles. The summed E-state index contributed by atoms with van der Waals surface area (Å²) in [6.07, 6.45) is 0. The monoisotopic (exact) mass is 712 g/mol. The highest BCUT2D eigenvalue weighted by Crippen LogP contribution is 2.64. The Balaban J connectivity index is 1.10. The van der Waals surface area contributed by atoms with E-state index in [0.29, 0.717) is 13.1 Å². The molecule has 0 N–H and O–H groups in total. The Morgan fingerprint density at radius 1 is 0.418 bits per heavy atom. The van der Waals surface area contributed by atoms with E-state index in [4.69, 9.17) is 19.5 Å². The maximum absolute atomic E-state index is 6.25. The second-order valence-electron chi connectivity index (χ2n) is 16.7. The number of fused-ring (bicyclic) bond motifs is 12. The predicted molar refractivity (Wildman–Crippen MR) is 224 cm³/mol. The first kappa shape index (κ1) is 32.2. The van der Waals surface area contributed by atoms with Crippen LogP contribution in [0.5, 0.6) is 0 Å². The minimum atomic E-state index is -0.486. The fourth-order valence-corrected chi connectivity index (χ4v) is 9.48. The van der Waals surface area contributed by atoms with Gasteiger partial charge in [-0.25, -0.2) is 9.98 Å². The lowest BCUT2D eigenvalue weighted by Gasteiger charge is -2.31. The van der Waals surface area contributed by atoms with E-state index < -0.39 is 5.41 Å². The van der Waals surface area contributed by atoms with Gasteiger partial charge in [0, 0.05) is 11.1 Å². The maximum atomic E-state index is 6.25. The molecule has 0 saturated carbocycles. The van der Waals surface area contributed by atoms with Gasteiger partial charge in [-0.3, -0.25) is 0 Å². The average Bonchev–Trinajstić information content (AvgIpc) is 3.94. The molecular weight excluding hydrogens is 673 g/mol. The number of ether oxygens (including phenoxy) is 2. The van der Waals surface area contributed by atoms with Gasteiger partial charge in [0.15, 0.2) is 0 Å². The molecule has 55 heavy (non-hydrogen) atoms. The summed E-state index contributed by atoms with van der Waals surface area (Å²) >= 11 is 0. The molecule has 2 aliphatic carbocycles. The van der Waals surface area contributed by atoms with Crippen LogP contribution in [0, 0.1) is 0 Å². The first-order chi connectivity index (χ1) is 26.7. The molecule has 266 valence electrons. The first-order valence-corrected chi connectivity index (χ1v) is 19.3. The van der Waals surface area contributed by atoms with Gasteiger partial charge in [-0.2, -0.15) is 0 Å². The number of aliphatic imine (C=N–C) groups is 2. The van der Waals surface area contributed by atoms with Crippen molar-refractivity contribution in [2.75, 3.05) is 13.1 Å². The molecule has 0 radical (unpaired) electrons. The van der Waals surface area contributed by atoms with Crippen LogP contribution < -0.4 is 0 Å². The Kier molecular flexibility index (Phi) is 6.66. The van der Waals surface area contributed by atoms with Crippen molar-refractivity contribution in [3.05, 3.63) is 179 Å². The second-order valence-corrected chi connectivity index (χ2v) is 16.7. The molecule has 7 aromatic rings. The van der Waals surface area contributed by atoms with Crippen LogP contribution in [-0.4, -0.2) is 36.1 Å². The maximum Gasteiger partial charge on any atom is 0.216 e. The molecule has 0 atom stereocenters. The molecule has 0 saturated heterocycles. The molecule has 0 aromatic heterocycles. The standard InChI is InChI=1S/C51H40N2O2/c1-49(2)29-52-47(54-49)36-13-9-11-31(26-36)33-19-22-38-35(25-33)21-24-42-41-23-20-34(32-12-10-14-37(27-32)48-53-30-50(3,4)55-48)28-45(41)51(46(38)42)43-17-7-5-15-39(43)40-16-6-8-18-44(40)51/h5-28H,29-30H2,1-4H3. The average molecular weight is 713 g/mol. The largest absolute Gasteiger partial charge is 0.469 e. The Hall–Kier alpha value is -6.26. The van der Waals surface area contributed by atoms with Gasteiger partial charge in [0.25, 0.3) is 0 Å². The molecule has 0 amide bonds. The van der Waals surface area contributed by atoms with Gasteiger partial charge in [-0.1, -0.05) is 109 Å². The topological polar surface area (TPSA) is 43.2 Å². The van der Waals surface area contributed by atoms with Crippen molar-refractivity contribution in [1.82, 2.24) is 0 Å². The quantitative estimate of drug-likeness (QED) is 0.182. The van der Waals surface area contributed by atoms with Crippen LogP contribution in [0.2, 0.25) is 0 Å². The van der Waals surface area contributed by atoms with E-state index in [1.165, 1.54) is 66.4 Å². The van der Waals surface area contributed by atoms with E-state index >= 15 is 0 Å². The highest BCUT2D eigenvalue weighted by Gasteiger charge is 2.52. The summed E-state index contributed by atoms with van der Waals surface area (Å²) in [7, 11) is 0. The van der Waals surface area contributed by atoms with E-state index in [1.54, 1.807) is 0 Å². The molecule has 4 heteroatoms. The van der Waals surface area contributed by atoms with Crippen LogP contribution in [0.4, 0.5) is 0 Å². The van der Waals surface area contributed by atoms with Crippen LogP contribution >= 0.6 is 0 Å². The number of rotatable bonds is 4. The Morgan fingerprint density at radius 2 is 0.909 bits per heavy atom. The number of nitrogens with zero attached hydrogens (tertiary/aromatic N) is 2. The Labute approximate surface area is 321 Å². The van der Waals surface area contributed by atoms with Crippen LogP contribution in [0.3, 0.4) is 0 Å².